The highest BCUT2D eigenvalue weighted by Crippen LogP contribution is 2.20. The first-order valence-electron chi connectivity index (χ1n) is 5.79. The Morgan fingerprint density at radius 3 is 2.82 bits per heavy atom. The Bertz CT molecular complexity index is 341. The molecule has 5 heteroatoms. The first-order valence-corrected chi connectivity index (χ1v) is 5.79. The number of nitrogens with zero attached hydrogens (tertiary/aromatic N) is 1. The largest absolute Gasteiger partial charge is 0.360 e. The normalized spacial score (nSPS) is 13.4. The summed E-state index contributed by atoms with van der Waals surface area (Å²) in [5.41, 5.74) is 6.06. The van der Waals surface area contributed by atoms with Crippen LogP contribution in [0.2, 0.25) is 0 Å². The number of amides is 1. The molecule has 0 spiro atoms. The summed E-state index contributed by atoms with van der Waals surface area (Å²) in [7, 11) is 0. The molecule has 1 heterocycles. The van der Waals surface area contributed by atoms with Gasteiger partial charge in [0.15, 0.2) is 5.76 Å². The molecule has 1 rings (SSSR count). The van der Waals surface area contributed by atoms with Gasteiger partial charge in [0.05, 0.1) is 12.7 Å². The summed E-state index contributed by atoms with van der Waals surface area (Å²) in [5.74, 6) is 0.584. The zero-order chi connectivity index (χ0) is 12.9. The number of carbonyl (C=O) groups is 1. The molecular formula is C12H21N3O2. The van der Waals surface area contributed by atoms with Crippen LogP contribution in [0.25, 0.3) is 0 Å². The van der Waals surface area contributed by atoms with Crippen molar-refractivity contribution in [3.63, 3.8) is 0 Å². The molecule has 0 aromatic carbocycles. The van der Waals surface area contributed by atoms with Gasteiger partial charge in [-0.1, -0.05) is 25.9 Å². The third-order valence-corrected chi connectivity index (χ3v) is 2.27. The van der Waals surface area contributed by atoms with Gasteiger partial charge in [-0.15, -0.1) is 0 Å². The van der Waals surface area contributed by atoms with E-state index in [0.29, 0.717) is 18.7 Å². The third-order valence-electron chi connectivity index (χ3n) is 2.27. The second-order valence-electron chi connectivity index (χ2n) is 5.48. The van der Waals surface area contributed by atoms with E-state index in [9.17, 15) is 4.79 Å². The molecule has 0 fully saturated rings. The number of nitrogens with one attached hydrogen (secondary N) is 1. The molecule has 1 amide bonds. The highest BCUT2D eigenvalue weighted by atomic mass is 16.5. The zero-order valence-corrected chi connectivity index (χ0v) is 10.7. The SMILES string of the molecule is CC(C)(C)CC(N)CC(=O)NCc1ccno1. The van der Waals surface area contributed by atoms with Gasteiger partial charge in [0.1, 0.15) is 0 Å². The molecule has 0 aliphatic heterocycles. The first kappa shape index (κ1) is 13.7. The number of nitrogens with two attached hydrogens (primary N) is 1. The van der Waals surface area contributed by atoms with Crippen LogP contribution in [-0.4, -0.2) is 17.1 Å². The molecule has 0 aliphatic rings. The molecular weight excluding hydrogens is 218 g/mol. The van der Waals surface area contributed by atoms with Crippen LogP contribution >= 0.6 is 0 Å². The van der Waals surface area contributed by atoms with E-state index in [-0.39, 0.29) is 17.4 Å². The fourth-order valence-corrected chi connectivity index (χ4v) is 1.69. The van der Waals surface area contributed by atoms with Crippen LogP contribution in [0.1, 0.15) is 39.4 Å². The molecule has 5 nitrogen and oxygen atoms in total. The first-order chi connectivity index (χ1) is 7.87. The van der Waals surface area contributed by atoms with Gasteiger partial charge in [0.2, 0.25) is 5.91 Å². The fraction of sp³-hybridized carbons (Fsp3) is 0.667. The van der Waals surface area contributed by atoms with Crippen molar-refractivity contribution in [1.29, 1.82) is 0 Å². The summed E-state index contributed by atoms with van der Waals surface area (Å²) in [6.07, 6.45) is 2.71. The van der Waals surface area contributed by atoms with Gasteiger partial charge in [-0.05, 0) is 11.8 Å². The lowest BCUT2D eigenvalue weighted by Gasteiger charge is -2.22. The monoisotopic (exact) mass is 239 g/mol. The van der Waals surface area contributed by atoms with Crippen molar-refractivity contribution in [1.82, 2.24) is 10.5 Å². The van der Waals surface area contributed by atoms with Crippen LogP contribution in [0.5, 0.6) is 0 Å². The van der Waals surface area contributed by atoms with E-state index >= 15 is 0 Å². The molecule has 0 saturated heterocycles. The molecule has 96 valence electrons. The summed E-state index contributed by atoms with van der Waals surface area (Å²) < 4.78 is 4.87. The Kier molecular flexibility index (Phi) is 4.69. The van der Waals surface area contributed by atoms with Gasteiger partial charge in [-0.2, -0.15) is 0 Å². The lowest BCUT2D eigenvalue weighted by Crippen LogP contribution is -2.33. The van der Waals surface area contributed by atoms with Crippen molar-refractivity contribution in [3.05, 3.63) is 18.0 Å². The van der Waals surface area contributed by atoms with Crippen LogP contribution < -0.4 is 11.1 Å². The summed E-state index contributed by atoms with van der Waals surface area (Å²) >= 11 is 0. The summed E-state index contributed by atoms with van der Waals surface area (Å²) in [6.45, 7) is 6.69. The molecule has 0 radical (unpaired) electrons. The number of carbonyl (C=O) groups excluding carboxylic acids is 1. The Morgan fingerprint density at radius 1 is 1.59 bits per heavy atom. The van der Waals surface area contributed by atoms with Crippen LogP contribution in [0.15, 0.2) is 16.8 Å². The Hall–Kier alpha value is -1.36. The second kappa shape index (κ2) is 5.82. The van der Waals surface area contributed by atoms with Crippen molar-refractivity contribution in [2.45, 2.75) is 46.2 Å². The van der Waals surface area contributed by atoms with E-state index in [1.807, 2.05) is 0 Å². The minimum absolute atomic E-state index is 0.0573. The van der Waals surface area contributed by atoms with E-state index in [1.54, 1.807) is 12.3 Å². The molecule has 0 aliphatic carbocycles. The maximum atomic E-state index is 11.6. The Morgan fingerprint density at radius 2 is 2.29 bits per heavy atom. The van der Waals surface area contributed by atoms with E-state index in [4.69, 9.17) is 10.3 Å². The Balaban J connectivity index is 2.25. The average Bonchev–Trinajstić information content (AvgIpc) is 2.63. The van der Waals surface area contributed by atoms with E-state index in [2.05, 4.69) is 31.2 Å². The molecule has 3 N–H and O–H groups in total. The third kappa shape index (κ3) is 6.06. The van der Waals surface area contributed by atoms with Crippen LogP contribution in [0, 0.1) is 5.41 Å². The van der Waals surface area contributed by atoms with Crippen molar-refractivity contribution < 1.29 is 9.32 Å². The summed E-state index contributed by atoms with van der Waals surface area (Å²) in [4.78, 5) is 11.6. The quantitative estimate of drug-likeness (QED) is 0.814. The van der Waals surface area contributed by atoms with E-state index < -0.39 is 0 Å². The van der Waals surface area contributed by atoms with Crippen LogP contribution in [-0.2, 0) is 11.3 Å². The molecule has 1 unspecified atom stereocenters. The number of hydrogen-bond acceptors (Lipinski definition) is 4. The molecule has 1 aromatic heterocycles. The minimum atomic E-state index is -0.107. The van der Waals surface area contributed by atoms with Gasteiger partial charge in [0.25, 0.3) is 0 Å². The summed E-state index contributed by atoms with van der Waals surface area (Å²) in [6, 6.07) is 1.61. The Labute approximate surface area is 102 Å². The highest BCUT2D eigenvalue weighted by Gasteiger charge is 2.18. The minimum Gasteiger partial charge on any atom is -0.360 e. The number of rotatable bonds is 5. The van der Waals surface area contributed by atoms with Crippen molar-refractivity contribution in [2.24, 2.45) is 11.1 Å². The number of aromatic nitrogens is 1. The summed E-state index contributed by atoms with van der Waals surface area (Å²) in [5, 5.41) is 6.31. The van der Waals surface area contributed by atoms with Crippen molar-refractivity contribution in [3.8, 4) is 0 Å². The number of hydrogen-bond donors (Lipinski definition) is 2. The van der Waals surface area contributed by atoms with Crippen LogP contribution in [0.3, 0.4) is 0 Å². The molecule has 0 saturated carbocycles. The second-order valence-corrected chi connectivity index (χ2v) is 5.48. The predicted molar refractivity (Wildman–Crippen MR) is 65.0 cm³/mol. The zero-order valence-electron chi connectivity index (χ0n) is 10.7. The average molecular weight is 239 g/mol. The maximum Gasteiger partial charge on any atom is 0.221 e. The molecule has 0 bridgehead atoms. The van der Waals surface area contributed by atoms with Crippen LogP contribution in [0.4, 0.5) is 0 Å². The highest BCUT2D eigenvalue weighted by molar-refractivity contribution is 5.76. The van der Waals surface area contributed by atoms with Gasteiger partial charge >= 0.3 is 0 Å². The topological polar surface area (TPSA) is 81.2 Å². The molecule has 1 aromatic rings. The lowest BCUT2D eigenvalue weighted by atomic mass is 9.87. The lowest BCUT2D eigenvalue weighted by molar-refractivity contribution is -0.121. The van der Waals surface area contributed by atoms with Crippen molar-refractivity contribution in [2.75, 3.05) is 0 Å². The van der Waals surface area contributed by atoms with E-state index in [1.165, 1.54) is 0 Å². The smallest absolute Gasteiger partial charge is 0.221 e. The van der Waals surface area contributed by atoms with Gasteiger partial charge < -0.3 is 15.6 Å². The predicted octanol–water partition coefficient (Wildman–Crippen LogP) is 1.44. The standard InChI is InChI=1S/C12H21N3O2/c1-12(2,3)7-9(13)6-11(16)14-8-10-4-5-15-17-10/h4-5,9H,6-8,13H2,1-3H3,(H,14,16). The van der Waals surface area contributed by atoms with Gasteiger partial charge in [0, 0.05) is 18.5 Å². The van der Waals surface area contributed by atoms with Gasteiger partial charge in [-0.3, -0.25) is 4.79 Å². The van der Waals surface area contributed by atoms with E-state index in [0.717, 1.165) is 6.42 Å². The van der Waals surface area contributed by atoms with Crippen molar-refractivity contribution >= 4 is 5.91 Å². The van der Waals surface area contributed by atoms with Gasteiger partial charge in [-0.25, -0.2) is 0 Å². The molecule has 17 heavy (non-hydrogen) atoms. The fourth-order valence-electron chi connectivity index (χ4n) is 1.69. The maximum absolute atomic E-state index is 11.6. The molecule has 1 atom stereocenters.